The van der Waals surface area contributed by atoms with E-state index >= 15 is 0 Å². The van der Waals surface area contributed by atoms with Crippen LogP contribution in [0.25, 0.3) is 11.5 Å². The van der Waals surface area contributed by atoms with Crippen molar-refractivity contribution in [3.63, 3.8) is 0 Å². The zero-order valence-corrected chi connectivity index (χ0v) is 16.7. The molecule has 0 aliphatic carbocycles. The Kier molecular flexibility index (Phi) is 5.76. The molecule has 1 N–H and O–H groups in total. The third-order valence-electron chi connectivity index (χ3n) is 5.54. The topological polar surface area (TPSA) is 66.6 Å². The summed E-state index contributed by atoms with van der Waals surface area (Å²) in [6.07, 6.45) is 3.36. The van der Waals surface area contributed by atoms with Crippen molar-refractivity contribution in [2.45, 2.75) is 32.7 Å². The van der Waals surface area contributed by atoms with Gasteiger partial charge in [0.2, 0.25) is 5.89 Å². The summed E-state index contributed by atoms with van der Waals surface area (Å²) in [5.41, 5.74) is 3.45. The number of hydrogen-bond acceptors (Lipinski definition) is 4. The normalized spacial score (nSPS) is 17.3. The lowest BCUT2D eigenvalue weighted by molar-refractivity contribution is 0.0685. The zero-order valence-electron chi connectivity index (χ0n) is 16.7. The number of benzene rings is 2. The standard InChI is InChI=1S/C24H26N2O3/c1-17-9-11-18(12-10-17)14-19-6-5-13-26(15-19)16-21-22(24(27)28)25-23(29-21)20-7-3-2-4-8-20/h2-4,7-12,19H,5-6,13-16H2,1H3,(H,27,28). The lowest BCUT2D eigenvalue weighted by Gasteiger charge is -2.32. The smallest absolute Gasteiger partial charge is 0.358 e. The number of nitrogens with zero attached hydrogens (tertiary/aromatic N) is 2. The van der Waals surface area contributed by atoms with Crippen molar-refractivity contribution < 1.29 is 14.3 Å². The summed E-state index contributed by atoms with van der Waals surface area (Å²) in [6.45, 7) is 4.47. The first-order chi connectivity index (χ1) is 14.1. The maximum atomic E-state index is 11.7. The number of carbonyl (C=O) groups is 1. The van der Waals surface area contributed by atoms with Gasteiger partial charge in [-0.05, 0) is 56.3 Å². The predicted octanol–water partition coefficient (Wildman–Crippen LogP) is 4.80. The van der Waals surface area contributed by atoms with Gasteiger partial charge in [0.25, 0.3) is 0 Å². The number of aromatic carboxylic acids is 1. The molecule has 2 aromatic carbocycles. The Morgan fingerprint density at radius 3 is 2.66 bits per heavy atom. The fourth-order valence-corrected chi connectivity index (χ4v) is 4.05. The van der Waals surface area contributed by atoms with Crippen molar-refractivity contribution >= 4 is 5.97 Å². The van der Waals surface area contributed by atoms with E-state index in [1.54, 1.807) is 0 Å². The lowest BCUT2D eigenvalue weighted by Crippen LogP contribution is -2.36. The maximum absolute atomic E-state index is 11.7. The molecule has 3 aromatic rings. The summed E-state index contributed by atoms with van der Waals surface area (Å²) in [7, 11) is 0. The molecule has 0 amide bonds. The molecule has 5 heteroatoms. The van der Waals surface area contributed by atoms with Crippen LogP contribution in [0.2, 0.25) is 0 Å². The van der Waals surface area contributed by atoms with Gasteiger partial charge < -0.3 is 9.52 Å². The Morgan fingerprint density at radius 1 is 1.17 bits per heavy atom. The quantitative estimate of drug-likeness (QED) is 0.655. The van der Waals surface area contributed by atoms with Crippen molar-refractivity contribution in [3.05, 3.63) is 77.2 Å². The number of carboxylic acids is 1. The molecule has 1 aliphatic rings. The third kappa shape index (κ3) is 4.74. The van der Waals surface area contributed by atoms with Crippen molar-refractivity contribution in [2.24, 2.45) is 5.92 Å². The minimum atomic E-state index is -1.04. The maximum Gasteiger partial charge on any atom is 0.358 e. The van der Waals surface area contributed by atoms with E-state index in [2.05, 4.69) is 41.1 Å². The molecule has 0 spiro atoms. The molecule has 1 unspecified atom stereocenters. The molecule has 1 aliphatic heterocycles. The van der Waals surface area contributed by atoms with Crippen LogP contribution in [-0.2, 0) is 13.0 Å². The van der Waals surface area contributed by atoms with Gasteiger partial charge in [-0.15, -0.1) is 0 Å². The number of carboxylic acid groups (broad SMARTS) is 1. The highest BCUT2D eigenvalue weighted by molar-refractivity contribution is 5.87. The lowest BCUT2D eigenvalue weighted by atomic mass is 9.91. The van der Waals surface area contributed by atoms with Crippen LogP contribution in [0.5, 0.6) is 0 Å². The van der Waals surface area contributed by atoms with E-state index in [4.69, 9.17) is 4.42 Å². The van der Waals surface area contributed by atoms with Gasteiger partial charge in [0, 0.05) is 12.1 Å². The Hall–Kier alpha value is -2.92. The second-order valence-corrected chi connectivity index (χ2v) is 7.90. The van der Waals surface area contributed by atoms with Crippen LogP contribution in [0.15, 0.2) is 59.0 Å². The molecule has 0 saturated carbocycles. The summed E-state index contributed by atoms with van der Waals surface area (Å²) < 4.78 is 5.90. The average Bonchev–Trinajstić information content (AvgIpc) is 3.15. The highest BCUT2D eigenvalue weighted by Gasteiger charge is 2.26. The largest absolute Gasteiger partial charge is 0.476 e. The van der Waals surface area contributed by atoms with Crippen LogP contribution in [0, 0.1) is 12.8 Å². The van der Waals surface area contributed by atoms with Gasteiger partial charge in [-0.1, -0.05) is 48.0 Å². The van der Waals surface area contributed by atoms with E-state index < -0.39 is 5.97 Å². The first kappa shape index (κ1) is 19.4. The van der Waals surface area contributed by atoms with Crippen LogP contribution in [-0.4, -0.2) is 34.0 Å². The number of hydrogen-bond donors (Lipinski definition) is 1. The second kappa shape index (κ2) is 8.62. The molecule has 1 atom stereocenters. The molecule has 4 rings (SSSR count). The minimum Gasteiger partial charge on any atom is -0.476 e. The molecule has 5 nitrogen and oxygen atoms in total. The Morgan fingerprint density at radius 2 is 1.93 bits per heavy atom. The first-order valence-electron chi connectivity index (χ1n) is 10.1. The molecule has 150 valence electrons. The summed E-state index contributed by atoms with van der Waals surface area (Å²) in [5.74, 6) is 0.328. The number of aromatic nitrogens is 1. The van der Waals surface area contributed by atoms with Gasteiger partial charge in [0.15, 0.2) is 11.5 Å². The minimum absolute atomic E-state index is 0.0181. The van der Waals surface area contributed by atoms with E-state index in [0.29, 0.717) is 24.1 Å². The van der Waals surface area contributed by atoms with Gasteiger partial charge >= 0.3 is 5.97 Å². The van der Waals surface area contributed by atoms with Crippen molar-refractivity contribution in [1.82, 2.24) is 9.88 Å². The van der Waals surface area contributed by atoms with E-state index in [1.807, 2.05) is 30.3 Å². The molecule has 0 bridgehead atoms. The molecule has 0 radical (unpaired) electrons. The van der Waals surface area contributed by atoms with E-state index in [-0.39, 0.29) is 5.69 Å². The second-order valence-electron chi connectivity index (χ2n) is 7.90. The molecule has 1 saturated heterocycles. The van der Waals surface area contributed by atoms with E-state index in [9.17, 15) is 9.90 Å². The summed E-state index contributed by atoms with van der Waals surface area (Å²) in [5, 5.41) is 9.58. The summed E-state index contributed by atoms with van der Waals surface area (Å²) >= 11 is 0. The third-order valence-corrected chi connectivity index (χ3v) is 5.54. The number of aryl methyl sites for hydroxylation is 1. The molecular formula is C24H26N2O3. The first-order valence-corrected chi connectivity index (χ1v) is 10.1. The van der Waals surface area contributed by atoms with Crippen LogP contribution in [0.1, 0.15) is 40.2 Å². The van der Waals surface area contributed by atoms with Gasteiger partial charge in [-0.2, -0.15) is 0 Å². The molecular weight excluding hydrogens is 364 g/mol. The Balaban J connectivity index is 1.47. The monoisotopic (exact) mass is 390 g/mol. The number of likely N-dealkylation sites (tertiary alicyclic amines) is 1. The number of oxazole rings is 1. The Bertz CT molecular complexity index is 964. The van der Waals surface area contributed by atoms with Gasteiger partial charge in [0.05, 0.1) is 6.54 Å². The fraction of sp³-hybridized carbons (Fsp3) is 0.333. The van der Waals surface area contributed by atoms with E-state index in [1.165, 1.54) is 17.5 Å². The van der Waals surface area contributed by atoms with Crippen molar-refractivity contribution in [2.75, 3.05) is 13.1 Å². The zero-order chi connectivity index (χ0) is 20.2. The van der Waals surface area contributed by atoms with Crippen LogP contribution in [0.3, 0.4) is 0 Å². The Labute approximate surface area is 171 Å². The summed E-state index contributed by atoms with van der Waals surface area (Å²) in [4.78, 5) is 18.2. The van der Waals surface area contributed by atoms with Crippen molar-refractivity contribution in [3.8, 4) is 11.5 Å². The highest BCUT2D eigenvalue weighted by atomic mass is 16.4. The van der Waals surface area contributed by atoms with Gasteiger partial charge in [-0.25, -0.2) is 9.78 Å². The molecule has 2 heterocycles. The average molecular weight is 390 g/mol. The fourth-order valence-electron chi connectivity index (χ4n) is 4.05. The van der Waals surface area contributed by atoms with Gasteiger partial charge in [-0.3, -0.25) is 4.90 Å². The summed E-state index contributed by atoms with van der Waals surface area (Å²) in [6, 6.07) is 18.2. The SMILES string of the molecule is Cc1ccc(CC2CCCN(Cc3oc(-c4ccccc4)nc3C(=O)O)C2)cc1. The highest BCUT2D eigenvalue weighted by Crippen LogP contribution is 2.26. The van der Waals surface area contributed by atoms with Crippen LogP contribution >= 0.6 is 0 Å². The van der Waals surface area contributed by atoms with Crippen molar-refractivity contribution in [1.29, 1.82) is 0 Å². The molecule has 29 heavy (non-hydrogen) atoms. The number of piperidine rings is 1. The van der Waals surface area contributed by atoms with Crippen LogP contribution < -0.4 is 0 Å². The molecule has 1 fully saturated rings. The van der Waals surface area contributed by atoms with E-state index in [0.717, 1.165) is 31.5 Å². The predicted molar refractivity (Wildman–Crippen MR) is 112 cm³/mol. The van der Waals surface area contributed by atoms with Crippen LogP contribution in [0.4, 0.5) is 0 Å². The van der Waals surface area contributed by atoms with Gasteiger partial charge in [0.1, 0.15) is 0 Å². The number of rotatable bonds is 6. The molecule has 1 aromatic heterocycles.